The molecule has 0 aliphatic carbocycles. The third kappa shape index (κ3) is 2.16. The Labute approximate surface area is 70.4 Å². The number of hydrogen-bond acceptors (Lipinski definition) is 3. The zero-order valence-corrected chi connectivity index (χ0v) is 6.53. The minimum atomic E-state index is -0.211. The van der Waals surface area contributed by atoms with Gasteiger partial charge in [0, 0.05) is 12.7 Å². The Morgan fingerprint density at radius 3 is 3.17 bits per heavy atom. The van der Waals surface area contributed by atoms with E-state index in [2.05, 4.69) is 21.9 Å². The predicted molar refractivity (Wildman–Crippen MR) is 44.6 cm³/mol. The molecule has 1 N–H and O–H groups in total. The molecule has 0 atom stereocenters. The van der Waals surface area contributed by atoms with Gasteiger partial charge in [0.15, 0.2) is 0 Å². The van der Waals surface area contributed by atoms with Gasteiger partial charge in [0.2, 0.25) is 0 Å². The van der Waals surface area contributed by atoms with Gasteiger partial charge in [-0.05, 0) is 6.07 Å². The summed E-state index contributed by atoms with van der Waals surface area (Å²) in [7, 11) is 0. The molecular weight excluding hydrogens is 154 g/mol. The third-order valence-corrected chi connectivity index (χ3v) is 1.22. The largest absolute Gasteiger partial charge is 0.347 e. The van der Waals surface area contributed by atoms with Crippen LogP contribution in [0.4, 0.5) is 0 Å². The molecule has 0 unspecified atom stereocenters. The highest BCUT2D eigenvalue weighted by atomic mass is 16.1. The van der Waals surface area contributed by atoms with Gasteiger partial charge in [0.25, 0.3) is 5.91 Å². The Morgan fingerprint density at radius 2 is 2.58 bits per heavy atom. The average molecular weight is 163 g/mol. The van der Waals surface area contributed by atoms with E-state index in [1.807, 2.05) is 0 Å². The summed E-state index contributed by atoms with van der Waals surface area (Å²) in [6.45, 7) is 3.93. The second-order valence-corrected chi connectivity index (χ2v) is 2.09. The highest BCUT2D eigenvalue weighted by Gasteiger charge is 2.02. The zero-order valence-electron chi connectivity index (χ0n) is 6.53. The van der Waals surface area contributed by atoms with E-state index in [0.717, 1.165) is 0 Å². The Hall–Kier alpha value is -1.71. The molecule has 0 aliphatic heterocycles. The summed E-state index contributed by atoms with van der Waals surface area (Å²) in [6.07, 6.45) is 4.47. The monoisotopic (exact) mass is 163 g/mol. The molecule has 0 bridgehead atoms. The Morgan fingerprint density at radius 1 is 1.75 bits per heavy atom. The number of carbonyl (C=O) groups excluding carboxylic acids is 1. The second kappa shape index (κ2) is 4.23. The fraction of sp³-hybridized carbons (Fsp3) is 0.125. The number of nitrogens with zero attached hydrogens (tertiary/aromatic N) is 2. The minimum Gasteiger partial charge on any atom is -0.347 e. The van der Waals surface area contributed by atoms with Crippen molar-refractivity contribution in [2.75, 3.05) is 6.54 Å². The molecule has 1 aromatic heterocycles. The van der Waals surface area contributed by atoms with Gasteiger partial charge in [-0.3, -0.25) is 4.79 Å². The molecule has 0 spiro atoms. The van der Waals surface area contributed by atoms with Crippen LogP contribution in [0, 0.1) is 0 Å². The molecule has 4 heteroatoms. The maximum absolute atomic E-state index is 11.2. The van der Waals surface area contributed by atoms with Gasteiger partial charge < -0.3 is 5.32 Å². The first kappa shape index (κ1) is 8.39. The summed E-state index contributed by atoms with van der Waals surface area (Å²) in [5.41, 5.74) is 0.367. The fourth-order valence-electron chi connectivity index (χ4n) is 0.680. The predicted octanol–water partition coefficient (Wildman–Crippen LogP) is 0.392. The van der Waals surface area contributed by atoms with Crippen LogP contribution in [0.5, 0.6) is 0 Å². The van der Waals surface area contributed by atoms with Crippen molar-refractivity contribution < 1.29 is 4.79 Å². The number of rotatable bonds is 3. The van der Waals surface area contributed by atoms with Crippen LogP contribution in [0.1, 0.15) is 10.5 Å². The number of hydrogen-bond donors (Lipinski definition) is 1. The van der Waals surface area contributed by atoms with Crippen LogP contribution in [0.15, 0.2) is 31.2 Å². The van der Waals surface area contributed by atoms with Crippen LogP contribution >= 0.6 is 0 Å². The molecule has 62 valence electrons. The van der Waals surface area contributed by atoms with Crippen molar-refractivity contribution in [2.24, 2.45) is 0 Å². The van der Waals surface area contributed by atoms with Gasteiger partial charge >= 0.3 is 0 Å². The van der Waals surface area contributed by atoms with Gasteiger partial charge in [0.1, 0.15) is 12.0 Å². The number of aromatic nitrogens is 2. The van der Waals surface area contributed by atoms with Crippen molar-refractivity contribution in [3.63, 3.8) is 0 Å². The van der Waals surface area contributed by atoms with Gasteiger partial charge in [-0.15, -0.1) is 6.58 Å². The number of amides is 1. The molecule has 0 saturated heterocycles. The summed E-state index contributed by atoms with van der Waals surface area (Å²) in [4.78, 5) is 18.6. The van der Waals surface area contributed by atoms with E-state index in [1.165, 1.54) is 12.5 Å². The van der Waals surface area contributed by atoms with Crippen LogP contribution < -0.4 is 5.32 Å². The van der Waals surface area contributed by atoms with Crippen molar-refractivity contribution in [3.8, 4) is 0 Å². The van der Waals surface area contributed by atoms with Crippen LogP contribution in [0.25, 0.3) is 0 Å². The smallest absolute Gasteiger partial charge is 0.270 e. The zero-order chi connectivity index (χ0) is 8.81. The summed E-state index contributed by atoms with van der Waals surface area (Å²) in [5.74, 6) is -0.211. The summed E-state index contributed by atoms with van der Waals surface area (Å²) in [5, 5.41) is 2.60. The molecule has 1 amide bonds. The van der Waals surface area contributed by atoms with E-state index in [1.54, 1.807) is 12.1 Å². The van der Waals surface area contributed by atoms with Gasteiger partial charge in [-0.1, -0.05) is 6.08 Å². The second-order valence-electron chi connectivity index (χ2n) is 2.09. The van der Waals surface area contributed by atoms with Crippen LogP contribution in [-0.4, -0.2) is 22.4 Å². The van der Waals surface area contributed by atoms with Crippen LogP contribution in [0.3, 0.4) is 0 Å². The first-order chi connectivity index (χ1) is 5.84. The average Bonchev–Trinajstić information content (AvgIpc) is 2.15. The molecule has 12 heavy (non-hydrogen) atoms. The highest BCUT2D eigenvalue weighted by Crippen LogP contribution is 1.89. The third-order valence-electron chi connectivity index (χ3n) is 1.22. The fourth-order valence-corrected chi connectivity index (χ4v) is 0.680. The van der Waals surface area contributed by atoms with Gasteiger partial charge in [-0.2, -0.15) is 0 Å². The molecule has 0 saturated carbocycles. The van der Waals surface area contributed by atoms with E-state index in [-0.39, 0.29) is 5.91 Å². The van der Waals surface area contributed by atoms with E-state index in [0.29, 0.717) is 12.2 Å². The highest BCUT2D eigenvalue weighted by molar-refractivity contribution is 5.92. The topological polar surface area (TPSA) is 54.9 Å². The quantitative estimate of drug-likeness (QED) is 0.656. The van der Waals surface area contributed by atoms with Crippen LogP contribution in [-0.2, 0) is 0 Å². The molecule has 1 heterocycles. The first-order valence-electron chi connectivity index (χ1n) is 3.49. The maximum Gasteiger partial charge on any atom is 0.270 e. The Kier molecular flexibility index (Phi) is 2.95. The SMILES string of the molecule is C=CCNC(=O)c1ccncn1. The standard InChI is InChI=1S/C8H9N3O/c1-2-4-10-8(12)7-3-5-9-6-11-7/h2-3,5-6H,1,4H2,(H,10,12). The number of nitrogens with one attached hydrogen (secondary N) is 1. The Balaban J connectivity index is 2.59. The van der Waals surface area contributed by atoms with Crippen molar-refractivity contribution in [2.45, 2.75) is 0 Å². The first-order valence-corrected chi connectivity index (χ1v) is 3.49. The summed E-state index contributed by atoms with van der Waals surface area (Å²) >= 11 is 0. The molecular formula is C8H9N3O. The molecule has 1 aromatic rings. The molecule has 4 nitrogen and oxygen atoms in total. The normalized spacial score (nSPS) is 9.00. The van der Waals surface area contributed by atoms with Gasteiger partial charge in [0.05, 0.1) is 0 Å². The van der Waals surface area contributed by atoms with E-state index >= 15 is 0 Å². The van der Waals surface area contributed by atoms with Gasteiger partial charge in [-0.25, -0.2) is 9.97 Å². The summed E-state index contributed by atoms with van der Waals surface area (Å²) < 4.78 is 0. The van der Waals surface area contributed by atoms with Crippen molar-refractivity contribution in [1.29, 1.82) is 0 Å². The maximum atomic E-state index is 11.2. The Bertz CT molecular complexity index is 271. The molecule has 1 rings (SSSR count). The van der Waals surface area contributed by atoms with Crippen molar-refractivity contribution in [3.05, 3.63) is 36.9 Å². The molecule has 0 radical (unpaired) electrons. The molecule has 0 aromatic carbocycles. The molecule has 0 aliphatic rings. The van der Waals surface area contributed by atoms with E-state index in [4.69, 9.17) is 0 Å². The lowest BCUT2D eigenvalue weighted by atomic mass is 10.4. The minimum absolute atomic E-state index is 0.211. The van der Waals surface area contributed by atoms with Crippen molar-refractivity contribution in [1.82, 2.24) is 15.3 Å². The number of carbonyl (C=O) groups is 1. The van der Waals surface area contributed by atoms with E-state index < -0.39 is 0 Å². The lowest BCUT2D eigenvalue weighted by Crippen LogP contribution is -2.24. The lowest BCUT2D eigenvalue weighted by Gasteiger charge is -1.98. The summed E-state index contributed by atoms with van der Waals surface area (Å²) in [6, 6.07) is 1.55. The van der Waals surface area contributed by atoms with Crippen molar-refractivity contribution >= 4 is 5.91 Å². The lowest BCUT2D eigenvalue weighted by molar-refractivity contribution is 0.0953. The van der Waals surface area contributed by atoms with Crippen LogP contribution in [0.2, 0.25) is 0 Å². The van der Waals surface area contributed by atoms with E-state index in [9.17, 15) is 4.79 Å². The molecule has 0 fully saturated rings.